The number of likely N-dealkylation sites (N-methyl/N-ethyl adjacent to an activating group) is 1. The van der Waals surface area contributed by atoms with Crippen molar-refractivity contribution >= 4 is 13.8 Å². The fourth-order valence-corrected chi connectivity index (χ4v) is 4.93. The van der Waals surface area contributed by atoms with Crippen LogP contribution in [0.25, 0.3) is 0 Å². The van der Waals surface area contributed by atoms with Crippen molar-refractivity contribution in [1.29, 1.82) is 0 Å². The monoisotopic (exact) mass is 656 g/mol. The average Bonchev–Trinajstić information content (AvgIpc) is 2.98. The van der Waals surface area contributed by atoms with Crippen molar-refractivity contribution in [1.82, 2.24) is 0 Å². The number of esters is 1. The first-order valence-electron chi connectivity index (χ1n) is 17.4. The minimum absolute atomic E-state index is 0.0793. The van der Waals surface area contributed by atoms with Gasteiger partial charge >= 0.3 is 13.8 Å². The van der Waals surface area contributed by atoms with Crippen molar-refractivity contribution in [2.45, 2.75) is 123 Å². The Hall–Kier alpha value is -1.54. The molecule has 0 aliphatic rings. The van der Waals surface area contributed by atoms with Crippen LogP contribution < -0.4 is 0 Å². The summed E-state index contributed by atoms with van der Waals surface area (Å²) in [5.41, 5.74) is 0. The Kier molecular flexibility index (Phi) is 28.8. The topological polar surface area (TPSA) is 91.3 Å². The molecule has 0 amide bonds. The Balaban J connectivity index is 4.42. The van der Waals surface area contributed by atoms with Crippen LogP contribution in [0, 0.1) is 0 Å². The van der Waals surface area contributed by atoms with Gasteiger partial charge in [-0.1, -0.05) is 107 Å². The van der Waals surface area contributed by atoms with E-state index in [9.17, 15) is 14.3 Å². The highest BCUT2D eigenvalue weighted by Crippen LogP contribution is 2.43. The van der Waals surface area contributed by atoms with Gasteiger partial charge in [0, 0.05) is 13.0 Å². The molecule has 0 aromatic carbocycles. The predicted molar refractivity (Wildman–Crippen MR) is 187 cm³/mol. The summed E-state index contributed by atoms with van der Waals surface area (Å²) in [5, 5.41) is 0. The number of phosphoric ester groups is 1. The van der Waals surface area contributed by atoms with Crippen molar-refractivity contribution < 1.29 is 37.3 Å². The first-order chi connectivity index (χ1) is 21.6. The van der Waals surface area contributed by atoms with Crippen LogP contribution in [-0.4, -0.2) is 75.6 Å². The van der Waals surface area contributed by atoms with Gasteiger partial charge in [0.15, 0.2) is 0 Å². The Morgan fingerprint density at radius 3 is 1.89 bits per heavy atom. The smallest absolute Gasteiger partial charge is 0.457 e. The van der Waals surface area contributed by atoms with Crippen LogP contribution in [0.3, 0.4) is 0 Å². The number of unbranched alkanes of at least 4 members (excludes halogenated alkanes) is 9. The minimum Gasteiger partial charge on any atom is -0.457 e. The molecule has 8 nitrogen and oxygen atoms in total. The van der Waals surface area contributed by atoms with E-state index in [1.807, 2.05) is 21.1 Å². The molecule has 0 aliphatic carbocycles. The maximum atomic E-state index is 12.5. The molecule has 2 atom stereocenters. The summed E-state index contributed by atoms with van der Waals surface area (Å²) in [6.07, 6.45) is 32.9. The zero-order valence-corrected chi connectivity index (χ0v) is 30.2. The van der Waals surface area contributed by atoms with Crippen LogP contribution in [0.5, 0.6) is 0 Å². The van der Waals surface area contributed by atoms with Crippen molar-refractivity contribution in [3.05, 3.63) is 48.6 Å². The molecular formula is C36H67NO7P+. The van der Waals surface area contributed by atoms with E-state index in [0.717, 1.165) is 51.4 Å². The lowest BCUT2D eigenvalue weighted by molar-refractivity contribution is -0.870. The number of quaternary nitrogens is 1. The lowest BCUT2D eigenvalue weighted by atomic mass is 10.1. The quantitative estimate of drug-likeness (QED) is 0.0261. The molecule has 0 heterocycles. The predicted octanol–water partition coefficient (Wildman–Crippen LogP) is 9.26. The molecule has 0 aromatic heterocycles. The molecule has 0 radical (unpaired) electrons. The summed E-state index contributed by atoms with van der Waals surface area (Å²) in [7, 11) is 1.63. The van der Waals surface area contributed by atoms with E-state index in [-0.39, 0.29) is 32.2 Å². The van der Waals surface area contributed by atoms with Crippen LogP contribution in [0.4, 0.5) is 0 Å². The maximum absolute atomic E-state index is 12.5. The highest BCUT2D eigenvalue weighted by atomic mass is 31.2. The van der Waals surface area contributed by atoms with Gasteiger partial charge in [0.25, 0.3) is 0 Å². The number of hydrogen-bond acceptors (Lipinski definition) is 6. The van der Waals surface area contributed by atoms with E-state index >= 15 is 0 Å². The standard InChI is InChI=1S/C36H66NO7P/c1-6-8-10-12-14-16-17-18-19-20-21-22-23-25-27-29-36(38)44-35(33-41-31-28-26-24-15-13-11-9-7-2)34-43-45(39,40)42-32-30-37(3,4)5/h8,10,14,16,18-19,21-22,35H,6-7,9,11-13,15,17,20,23-34H2,1-5H3/p+1/b10-8-,16-14-,19-18-,22-21-. The molecular weight excluding hydrogens is 589 g/mol. The molecule has 0 rings (SSSR count). The second-order valence-electron chi connectivity index (χ2n) is 12.5. The fraction of sp³-hybridized carbons (Fsp3) is 0.750. The normalized spacial score (nSPS) is 14.7. The lowest BCUT2D eigenvalue weighted by Gasteiger charge is -2.24. The molecule has 0 spiro atoms. The van der Waals surface area contributed by atoms with Gasteiger partial charge in [-0.3, -0.25) is 13.8 Å². The largest absolute Gasteiger partial charge is 0.472 e. The van der Waals surface area contributed by atoms with Crippen molar-refractivity contribution in [2.75, 3.05) is 54.1 Å². The third-order valence-corrected chi connectivity index (χ3v) is 7.89. The average molecular weight is 657 g/mol. The number of carbonyl (C=O) groups is 1. The summed E-state index contributed by atoms with van der Waals surface area (Å²) in [6.45, 7) is 5.39. The highest BCUT2D eigenvalue weighted by Gasteiger charge is 2.26. The van der Waals surface area contributed by atoms with Gasteiger partial charge in [0.1, 0.15) is 19.3 Å². The zero-order chi connectivity index (χ0) is 33.5. The molecule has 0 aliphatic heterocycles. The third kappa shape index (κ3) is 33.6. The molecule has 0 saturated heterocycles. The third-order valence-electron chi connectivity index (χ3n) is 6.90. The number of nitrogens with zero attached hydrogens (tertiary/aromatic N) is 1. The molecule has 45 heavy (non-hydrogen) atoms. The van der Waals surface area contributed by atoms with Gasteiger partial charge in [0.05, 0.1) is 34.4 Å². The number of hydrogen-bond donors (Lipinski definition) is 1. The van der Waals surface area contributed by atoms with E-state index in [0.29, 0.717) is 24.1 Å². The molecule has 0 bridgehead atoms. The van der Waals surface area contributed by atoms with Gasteiger partial charge in [-0.2, -0.15) is 0 Å². The Labute approximate surface area is 276 Å². The molecule has 2 unspecified atom stereocenters. The van der Waals surface area contributed by atoms with Gasteiger partial charge in [-0.05, 0) is 51.4 Å². The zero-order valence-electron chi connectivity index (χ0n) is 29.3. The highest BCUT2D eigenvalue weighted by molar-refractivity contribution is 7.47. The Morgan fingerprint density at radius 2 is 1.29 bits per heavy atom. The van der Waals surface area contributed by atoms with Gasteiger partial charge in [-0.15, -0.1) is 0 Å². The molecule has 262 valence electrons. The summed E-state index contributed by atoms with van der Waals surface area (Å²) >= 11 is 0. The fourth-order valence-electron chi connectivity index (χ4n) is 4.19. The van der Waals surface area contributed by atoms with E-state index in [1.54, 1.807) is 0 Å². The van der Waals surface area contributed by atoms with Crippen LogP contribution in [0.15, 0.2) is 48.6 Å². The number of allylic oxidation sites excluding steroid dienone is 8. The SMILES string of the molecule is CC/C=C\C/C=C\C/C=C\C/C=C\CCCCC(=O)OC(COCCCCCCCCCC)COP(=O)(O)OCC[N+](C)(C)C. The van der Waals surface area contributed by atoms with Gasteiger partial charge in [-0.25, -0.2) is 4.57 Å². The first kappa shape index (κ1) is 43.5. The van der Waals surface area contributed by atoms with E-state index in [2.05, 4.69) is 62.5 Å². The van der Waals surface area contributed by atoms with Crippen LogP contribution in [-0.2, 0) is 27.9 Å². The van der Waals surface area contributed by atoms with E-state index in [4.69, 9.17) is 18.5 Å². The lowest BCUT2D eigenvalue weighted by Crippen LogP contribution is -2.37. The molecule has 9 heteroatoms. The maximum Gasteiger partial charge on any atom is 0.472 e. The van der Waals surface area contributed by atoms with Crippen LogP contribution in [0.1, 0.15) is 117 Å². The number of rotatable bonds is 31. The van der Waals surface area contributed by atoms with Crippen molar-refractivity contribution in [2.24, 2.45) is 0 Å². The minimum atomic E-state index is -4.27. The molecule has 0 fully saturated rings. The Morgan fingerprint density at radius 1 is 0.711 bits per heavy atom. The van der Waals surface area contributed by atoms with Crippen molar-refractivity contribution in [3.8, 4) is 0 Å². The summed E-state index contributed by atoms with van der Waals surface area (Å²) in [4.78, 5) is 22.6. The first-order valence-corrected chi connectivity index (χ1v) is 18.9. The number of carbonyl (C=O) groups excluding carboxylic acids is 1. The van der Waals surface area contributed by atoms with E-state index < -0.39 is 13.9 Å². The van der Waals surface area contributed by atoms with Gasteiger partial charge < -0.3 is 18.9 Å². The summed E-state index contributed by atoms with van der Waals surface area (Å²) in [5.74, 6) is -0.358. The Bertz CT molecular complexity index is 864. The molecule has 0 aromatic rings. The van der Waals surface area contributed by atoms with Crippen LogP contribution in [0.2, 0.25) is 0 Å². The van der Waals surface area contributed by atoms with Crippen molar-refractivity contribution in [3.63, 3.8) is 0 Å². The molecule has 0 saturated carbocycles. The molecule has 1 N–H and O–H groups in total. The number of phosphoric acid groups is 1. The second-order valence-corrected chi connectivity index (χ2v) is 14.0. The van der Waals surface area contributed by atoms with E-state index in [1.165, 1.54) is 38.5 Å². The second kappa shape index (κ2) is 29.8. The summed E-state index contributed by atoms with van der Waals surface area (Å²) in [6, 6.07) is 0. The number of ether oxygens (including phenoxy) is 2. The van der Waals surface area contributed by atoms with Gasteiger partial charge in [0.2, 0.25) is 0 Å². The van der Waals surface area contributed by atoms with Crippen LogP contribution >= 0.6 is 7.82 Å². The summed E-state index contributed by atoms with van der Waals surface area (Å²) < 4.78 is 34.6.